The number of nitrogens with one attached hydrogen (secondary N) is 1. The molecule has 0 saturated carbocycles. The van der Waals surface area contributed by atoms with Crippen molar-refractivity contribution in [1.29, 1.82) is 0 Å². The number of nitrogen functional groups attached to an aromatic ring is 2. The van der Waals surface area contributed by atoms with Crippen molar-refractivity contribution < 1.29 is 0 Å². The Labute approximate surface area is 73.8 Å². The van der Waals surface area contributed by atoms with E-state index in [1.54, 1.807) is 6.20 Å². The summed E-state index contributed by atoms with van der Waals surface area (Å²) in [6, 6.07) is 0. The number of fused-ring (bicyclic) bond motifs is 1. The van der Waals surface area contributed by atoms with Crippen molar-refractivity contribution in [3.63, 3.8) is 0 Å². The van der Waals surface area contributed by atoms with Gasteiger partial charge in [-0.3, -0.25) is 0 Å². The minimum Gasteiger partial charge on any atom is -0.369 e. The lowest BCUT2D eigenvalue weighted by Gasteiger charge is -1.87. The molecule has 0 saturated heterocycles. The van der Waals surface area contributed by atoms with E-state index in [1.165, 1.54) is 0 Å². The Morgan fingerprint density at radius 2 is 2.00 bits per heavy atom. The topological polar surface area (TPSA) is 106 Å². The lowest BCUT2D eigenvalue weighted by atomic mass is 10.6. The van der Waals surface area contributed by atoms with Gasteiger partial charge in [-0.2, -0.15) is 9.97 Å². The lowest BCUT2D eigenvalue weighted by Crippen LogP contribution is -1.93. The first-order valence-electron chi connectivity index (χ1n) is 2.99. The van der Waals surface area contributed by atoms with Gasteiger partial charge in [-0.15, -0.1) is 12.4 Å². The predicted octanol–water partition coefficient (Wildman–Crippen LogP) is -0.0609. The zero-order valence-electron chi connectivity index (χ0n) is 5.98. The van der Waals surface area contributed by atoms with E-state index < -0.39 is 0 Å². The molecule has 6 nitrogen and oxygen atoms in total. The van der Waals surface area contributed by atoms with Crippen LogP contribution in [0.25, 0.3) is 11.2 Å². The molecule has 0 amide bonds. The molecule has 5 N–H and O–H groups in total. The third kappa shape index (κ3) is 1.24. The van der Waals surface area contributed by atoms with E-state index in [-0.39, 0.29) is 18.4 Å². The van der Waals surface area contributed by atoms with E-state index in [0.29, 0.717) is 17.1 Å². The summed E-state index contributed by atoms with van der Waals surface area (Å²) in [5.41, 5.74) is 11.9. The Balaban J connectivity index is 0.000000720. The number of aromatic nitrogens is 4. The molecular formula is C5H7ClN6. The van der Waals surface area contributed by atoms with Crippen LogP contribution in [0.1, 0.15) is 0 Å². The van der Waals surface area contributed by atoms with Gasteiger partial charge in [0.2, 0.25) is 5.95 Å². The highest BCUT2D eigenvalue weighted by Gasteiger charge is 2.00. The monoisotopic (exact) mass is 186 g/mol. The molecule has 0 bridgehead atoms. The van der Waals surface area contributed by atoms with Crippen LogP contribution in [0.5, 0.6) is 0 Å². The zero-order valence-corrected chi connectivity index (χ0v) is 6.80. The second kappa shape index (κ2) is 2.82. The van der Waals surface area contributed by atoms with E-state index in [2.05, 4.69) is 19.9 Å². The third-order valence-electron chi connectivity index (χ3n) is 1.28. The van der Waals surface area contributed by atoms with Gasteiger partial charge in [0.25, 0.3) is 0 Å². The number of nitrogens with zero attached hydrogens (tertiary/aromatic N) is 3. The van der Waals surface area contributed by atoms with Crippen LogP contribution in [0.3, 0.4) is 0 Å². The molecule has 2 rings (SSSR count). The second-order valence-electron chi connectivity index (χ2n) is 2.09. The van der Waals surface area contributed by atoms with Crippen LogP contribution in [0.2, 0.25) is 0 Å². The van der Waals surface area contributed by atoms with Crippen molar-refractivity contribution >= 4 is 35.5 Å². The average Bonchev–Trinajstić information content (AvgIpc) is 2.27. The van der Waals surface area contributed by atoms with Crippen molar-refractivity contribution in [2.75, 3.05) is 11.5 Å². The molecular weight excluding hydrogens is 180 g/mol. The van der Waals surface area contributed by atoms with E-state index >= 15 is 0 Å². The maximum absolute atomic E-state index is 5.37. The summed E-state index contributed by atoms with van der Waals surface area (Å²) in [7, 11) is 0. The number of nitrogens with two attached hydrogens (primary N) is 2. The number of anilines is 2. The van der Waals surface area contributed by atoms with E-state index in [0.717, 1.165) is 0 Å². The quantitative estimate of drug-likeness (QED) is 0.534. The SMILES string of the molecule is Cl.Nc1ncc2[nH]c(N)nc2n1. The maximum Gasteiger partial charge on any atom is 0.222 e. The van der Waals surface area contributed by atoms with Gasteiger partial charge >= 0.3 is 0 Å². The fourth-order valence-corrected chi connectivity index (χ4v) is 0.839. The molecule has 2 heterocycles. The van der Waals surface area contributed by atoms with Crippen LogP contribution in [0.4, 0.5) is 11.9 Å². The minimum atomic E-state index is 0. The summed E-state index contributed by atoms with van der Waals surface area (Å²) in [5.74, 6) is 0.518. The summed E-state index contributed by atoms with van der Waals surface area (Å²) in [6.45, 7) is 0. The van der Waals surface area contributed by atoms with E-state index in [9.17, 15) is 0 Å². The summed E-state index contributed by atoms with van der Waals surface area (Å²) < 4.78 is 0. The summed E-state index contributed by atoms with van der Waals surface area (Å²) in [4.78, 5) is 14.2. The van der Waals surface area contributed by atoms with Crippen LogP contribution in [-0.2, 0) is 0 Å². The van der Waals surface area contributed by atoms with Gasteiger partial charge < -0.3 is 16.5 Å². The van der Waals surface area contributed by atoms with Crippen molar-refractivity contribution in [1.82, 2.24) is 19.9 Å². The van der Waals surface area contributed by atoms with Gasteiger partial charge in [0.05, 0.1) is 6.20 Å². The van der Waals surface area contributed by atoms with Crippen molar-refractivity contribution in [3.8, 4) is 0 Å². The number of aromatic amines is 1. The number of imidazole rings is 1. The molecule has 0 aromatic carbocycles. The standard InChI is InChI=1S/C5H6N6.ClH/c6-4-8-1-2-3(10-4)11-5(7)9-2;/h1H,(H5,6,7,8,9,10,11);1H. The number of hydrogen-bond acceptors (Lipinski definition) is 5. The molecule has 0 unspecified atom stereocenters. The first kappa shape index (κ1) is 8.54. The molecule has 0 fully saturated rings. The number of H-pyrrole nitrogens is 1. The van der Waals surface area contributed by atoms with Gasteiger partial charge in [-0.05, 0) is 0 Å². The van der Waals surface area contributed by atoms with Crippen LogP contribution in [0, 0.1) is 0 Å². The average molecular weight is 187 g/mol. The molecule has 0 atom stereocenters. The normalized spacial score (nSPS) is 9.67. The van der Waals surface area contributed by atoms with Crippen molar-refractivity contribution in [2.24, 2.45) is 0 Å². The Morgan fingerprint density at radius 3 is 2.75 bits per heavy atom. The minimum absolute atomic E-state index is 0. The Kier molecular flexibility index (Phi) is 2.01. The molecule has 2 aromatic heterocycles. The molecule has 0 radical (unpaired) electrons. The largest absolute Gasteiger partial charge is 0.369 e. The van der Waals surface area contributed by atoms with E-state index in [1.807, 2.05) is 0 Å². The third-order valence-corrected chi connectivity index (χ3v) is 1.28. The van der Waals surface area contributed by atoms with Crippen molar-refractivity contribution in [3.05, 3.63) is 6.20 Å². The molecule has 7 heteroatoms. The highest BCUT2D eigenvalue weighted by molar-refractivity contribution is 5.85. The molecule has 0 spiro atoms. The van der Waals surface area contributed by atoms with Gasteiger partial charge in [0, 0.05) is 0 Å². The van der Waals surface area contributed by atoms with Crippen LogP contribution in [-0.4, -0.2) is 19.9 Å². The molecule has 64 valence electrons. The predicted molar refractivity (Wildman–Crippen MR) is 47.8 cm³/mol. The second-order valence-corrected chi connectivity index (χ2v) is 2.09. The van der Waals surface area contributed by atoms with Gasteiger partial charge in [0.1, 0.15) is 5.52 Å². The molecule has 0 aliphatic heterocycles. The van der Waals surface area contributed by atoms with Gasteiger partial charge in [0.15, 0.2) is 11.6 Å². The number of halogens is 1. The van der Waals surface area contributed by atoms with Crippen LogP contribution < -0.4 is 11.5 Å². The Morgan fingerprint density at radius 1 is 1.25 bits per heavy atom. The van der Waals surface area contributed by atoms with Crippen molar-refractivity contribution in [2.45, 2.75) is 0 Å². The van der Waals surface area contributed by atoms with E-state index in [4.69, 9.17) is 11.5 Å². The summed E-state index contributed by atoms with van der Waals surface area (Å²) >= 11 is 0. The molecule has 0 aliphatic rings. The van der Waals surface area contributed by atoms with Gasteiger partial charge in [-0.1, -0.05) is 0 Å². The Bertz CT molecular complexity index is 396. The highest BCUT2D eigenvalue weighted by atomic mass is 35.5. The number of hydrogen-bond donors (Lipinski definition) is 3. The number of rotatable bonds is 0. The molecule has 0 aliphatic carbocycles. The molecule has 12 heavy (non-hydrogen) atoms. The fourth-order valence-electron chi connectivity index (χ4n) is 0.839. The Hall–Kier alpha value is -1.56. The summed E-state index contributed by atoms with van der Waals surface area (Å²) in [5, 5.41) is 0. The fraction of sp³-hybridized carbons (Fsp3) is 0. The highest BCUT2D eigenvalue weighted by Crippen LogP contribution is 2.08. The zero-order chi connectivity index (χ0) is 7.84. The lowest BCUT2D eigenvalue weighted by molar-refractivity contribution is 1.22. The van der Waals surface area contributed by atoms with Crippen LogP contribution in [0.15, 0.2) is 6.20 Å². The summed E-state index contributed by atoms with van der Waals surface area (Å²) in [6.07, 6.45) is 1.54. The van der Waals surface area contributed by atoms with Gasteiger partial charge in [-0.25, -0.2) is 4.98 Å². The van der Waals surface area contributed by atoms with Crippen LogP contribution >= 0.6 is 12.4 Å². The first-order chi connectivity index (χ1) is 5.25. The smallest absolute Gasteiger partial charge is 0.222 e. The first-order valence-corrected chi connectivity index (χ1v) is 2.99. The maximum atomic E-state index is 5.37. The molecule has 2 aromatic rings.